The molecule has 2 atom stereocenters. The van der Waals surface area contributed by atoms with Gasteiger partial charge in [0, 0.05) is 51.2 Å². The molecular formula is C17H26N6O2. The van der Waals surface area contributed by atoms with Crippen molar-refractivity contribution < 1.29 is 9.32 Å². The van der Waals surface area contributed by atoms with Crippen LogP contribution in [0.1, 0.15) is 25.4 Å². The molecule has 0 bridgehead atoms. The summed E-state index contributed by atoms with van der Waals surface area (Å²) in [5.74, 6) is 2.15. The highest BCUT2D eigenvalue weighted by molar-refractivity contribution is 5.93. The Morgan fingerprint density at radius 2 is 2.28 bits per heavy atom. The molecule has 1 saturated heterocycles. The molecule has 2 unspecified atom stereocenters. The lowest BCUT2D eigenvalue weighted by Gasteiger charge is -2.41. The number of amides is 1. The summed E-state index contributed by atoms with van der Waals surface area (Å²) in [6.07, 6.45) is 3.79. The maximum absolute atomic E-state index is 12.4. The van der Waals surface area contributed by atoms with Crippen molar-refractivity contribution >= 4 is 11.7 Å². The number of nitrogens with zero attached hydrogens (tertiary/aromatic N) is 5. The average Bonchev–Trinajstić information content (AvgIpc) is 3.17. The molecule has 1 fully saturated rings. The molecule has 3 rings (SSSR count). The van der Waals surface area contributed by atoms with Crippen LogP contribution >= 0.6 is 0 Å². The van der Waals surface area contributed by atoms with Crippen molar-refractivity contribution in [2.45, 2.75) is 39.4 Å². The number of hydrogen-bond donors (Lipinski definition) is 1. The Kier molecular flexibility index (Phi) is 5.19. The summed E-state index contributed by atoms with van der Waals surface area (Å²) in [7, 11) is 2.02. The first kappa shape index (κ1) is 17.6. The summed E-state index contributed by atoms with van der Waals surface area (Å²) in [6.45, 7) is 9.36. The number of nitrogens with one attached hydrogen (secondary N) is 1. The fraction of sp³-hybridized carbons (Fsp3) is 0.588. The zero-order valence-electron chi connectivity index (χ0n) is 15.3. The van der Waals surface area contributed by atoms with Gasteiger partial charge in [0.15, 0.2) is 5.82 Å². The number of carbonyl (C=O) groups excluding carboxylic acids is 1. The summed E-state index contributed by atoms with van der Waals surface area (Å²) in [6, 6.07) is 1.86. The second kappa shape index (κ2) is 7.37. The van der Waals surface area contributed by atoms with Gasteiger partial charge >= 0.3 is 0 Å². The van der Waals surface area contributed by atoms with Gasteiger partial charge in [-0.2, -0.15) is 0 Å². The molecule has 8 nitrogen and oxygen atoms in total. The van der Waals surface area contributed by atoms with Gasteiger partial charge in [-0.25, -0.2) is 4.98 Å². The van der Waals surface area contributed by atoms with Crippen LogP contribution in [-0.4, -0.2) is 62.1 Å². The topological polar surface area (TPSA) is 79.4 Å². The van der Waals surface area contributed by atoms with Crippen LogP contribution in [-0.2, 0) is 18.4 Å². The van der Waals surface area contributed by atoms with E-state index in [0.717, 1.165) is 32.0 Å². The van der Waals surface area contributed by atoms with E-state index in [1.165, 1.54) is 0 Å². The summed E-state index contributed by atoms with van der Waals surface area (Å²) >= 11 is 0. The molecular weight excluding hydrogens is 320 g/mol. The predicted octanol–water partition coefficient (Wildman–Crippen LogP) is 1.25. The van der Waals surface area contributed by atoms with Crippen LogP contribution in [0.4, 0.5) is 5.82 Å². The number of imidazole rings is 1. The lowest BCUT2D eigenvalue weighted by molar-refractivity contribution is -0.122. The molecule has 2 aromatic rings. The van der Waals surface area contributed by atoms with Crippen LogP contribution < -0.4 is 5.32 Å². The van der Waals surface area contributed by atoms with Gasteiger partial charge in [0.1, 0.15) is 11.6 Å². The number of rotatable bonds is 5. The third kappa shape index (κ3) is 4.08. The van der Waals surface area contributed by atoms with Crippen LogP contribution in [0.25, 0.3) is 0 Å². The van der Waals surface area contributed by atoms with E-state index in [0.29, 0.717) is 17.6 Å². The van der Waals surface area contributed by atoms with E-state index >= 15 is 0 Å². The Morgan fingerprint density at radius 3 is 2.88 bits per heavy atom. The number of piperazine rings is 1. The molecule has 1 aliphatic heterocycles. The first-order valence-corrected chi connectivity index (χ1v) is 8.62. The number of hydrogen-bond acceptors (Lipinski definition) is 6. The first-order chi connectivity index (χ1) is 11.9. The zero-order chi connectivity index (χ0) is 18.0. The van der Waals surface area contributed by atoms with Crippen LogP contribution in [0.5, 0.6) is 0 Å². The van der Waals surface area contributed by atoms with Crippen LogP contribution in [0.3, 0.4) is 0 Å². The Balaban J connectivity index is 1.54. The SMILES string of the molecule is Cc1cc(NC(=O)C(C)N2CCN(Cc3nccn3C)C(C)C2)no1. The maximum Gasteiger partial charge on any atom is 0.242 e. The molecule has 1 aliphatic rings. The van der Waals surface area contributed by atoms with Crippen LogP contribution in [0, 0.1) is 6.92 Å². The molecule has 0 aromatic carbocycles. The van der Waals surface area contributed by atoms with Gasteiger partial charge in [0.25, 0.3) is 0 Å². The summed E-state index contributed by atoms with van der Waals surface area (Å²) in [5, 5.41) is 6.63. The standard InChI is InChI=1S/C17H26N6O2/c1-12-10-23(8-7-22(12)11-16-18-5-6-21(16)4)14(3)17(24)19-15-9-13(2)25-20-15/h5-6,9,12,14H,7-8,10-11H2,1-4H3,(H,19,20,24). The highest BCUT2D eigenvalue weighted by Gasteiger charge is 2.30. The van der Waals surface area contributed by atoms with Gasteiger partial charge in [-0.3, -0.25) is 14.6 Å². The van der Waals surface area contributed by atoms with Gasteiger partial charge in [-0.05, 0) is 20.8 Å². The highest BCUT2D eigenvalue weighted by Crippen LogP contribution is 2.16. The average molecular weight is 346 g/mol. The fourth-order valence-corrected chi connectivity index (χ4v) is 3.16. The first-order valence-electron chi connectivity index (χ1n) is 8.62. The van der Waals surface area contributed by atoms with E-state index in [-0.39, 0.29) is 11.9 Å². The van der Waals surface area contributed by atoms with E-state index in [1.54, 1.807) is 13.0 Å². The van der Waals surface area contributed by atoms with Crippen LogP contribution in [0.15, 0.2) is 23.0 Å². The Bertz CT molecular complexity index is 724. The third-order valence-corrected chi connectivity index (χ3v) is 4.87. The number of anilines is 1. The van der Waals surface area contributed by atoms with Crippen molar-refractivity contribution in [1.29, 1.82) is 0 Å². The quantitative estimate of drug-likeness (QED) is 0.878. The molecule has 0 aliphatic carbocycles. The predicted molar refractivity (Wildman–Crippen MR) is 94.0 cm³/mol. The molecule has 1 amide bonds. The molecule has 0 radical (unpaired) electrons. The lowest BCUT2D eigenvalue weighted by Crippen LogP contribution is -2.56. The van der Waals surface area contributed by atoms with Crippen molar-refractivity contribution in [2.24, 2.45) is 7.05 Å². The van der Waals surface area contributed by atoms with Crippen molar-refractivity contribution in [3.63, 3.8) is 0 Å². The van der Waals surface area contributed by atoms with Gasteiger partial charge in [-0.15, -0.1) is 0 Å². The summed E-state index contributed by atoms with van der Waals surface area (Å²) < 4.78 is 7.04. The molecule has 1 N–H and O–H groups in total. The number of carbonyl (C=O) groups is 1. The van der Waals surface area contributed by atoms with Crippen molar-refractivity contribution in [1.82, 2.24) is 24.5 Å². The fourth-order valence-electron chi connectivity index (χ4n) is 3.16. The molecule has 2 aromatic heterocycles. The summed E-state index contributed by atoms with van der Waals surface area (Å²) in [4.78, 5) is 21.5. The molecule has 0 spiro atoms. The number of aromatic nitrogens is 3. The molecule has 8 heteroatoms. The van der Waals surface area contributed by atoms with Crippen molar-refractivity contribution in [2.75, 3.05) is 25.0 Å². The van der Waals surface area contributed by atoms with Crippen molar-refractivity contribution in [3.05, 3.63) is 30.0 Å². The lowest BCUT2D eigenvalue weighted by atomic mass is 10.1. The van der Waals surface area contributed by atoms with Crippen molar-refractivity contribution in [3.8, 4) is 0 Å². The van der Waals surface area contributed by atoms with Crippen LogP contribution in [0.2, 0.25) is 0 Å². The highest BCUT2D eigenvalue weighted by atomic mass is 16.5. The second-order valence-electron chi connectivity index (χ2n) is 6.76. The normalized spacial score (nSPS) is 20.6. The van der Waals surface area contributed by atoms with Gasteiger partial charge in [0.05, 0.1) is 12.6 Å². The van der Waals surface area contributed by atoms with E-state index in [1.807, 2.05) is 26.4 Å². The smallest absolute Gasteiger partial charge is 0.242 e. The van der Waals surface area contributed by atoms with E-state index in [4.69, 9.17) is 4.52 Å². The molecule has 3 heterocycles. The Hall–Kier alpha value is -2.19. The van der Waals surface area contributed by atoms with Gasteiger partial charge in [-0.1, -0.05) is 5.16 Å². The third-order valence-electron chi connectivity index (χ3n) is 4.87. The van der Waals surface area contributed by atoms with E-state index in [9.17, 15) is 4.79 Å². The van der Waals surface area contributed by atoms with E-state index < -0.39 is 0 Å². The molecule has 25 heavy (non-hydrogen) atoms. The molecule has 136 valence electrons. The Morgan fingerprint density at radius 1 is 1.48 bits per heavy atom. The minimum atomic E-state index is -0.213. The largest absolute Gasteiger partial charge is 0.360 e. The Labute approximate surface area is 147 Å². The zero-order valence-corrected chi connectivity index (χ0v) is 15.3. The monoisotopic (exact) mass is 346 g/mol. The summed E-state index contributed by atoms with van der Waals surface area (Å²) in [5.41, 5.74) is 0. The van der Waals surface area contributed by atoms with Gasteiger partial charge in [0.2, 0.25) is 5.91 Å². The minimum Gasteiger partial charge on any atom is -0.360 e. The molecule has 0 saturated carbocycles. The number of aryl methyl sites for hydroxylation is 2. The second-order valence-corrected chi connectivity index (χ2v) is 6.76. The minimum absolute atomic E-state index is 0.0574. The van der Waals surface area contributed by atoms with E-state index in [2.05, 4.69) is 36.7 Å². The van der Waals surface area contributed by atoms with Gasteiger partial charge < -0.3 is 14.4 Å². The maximum atomic E-state index is 12.4.